The number of benzene rings is 2. The summed E-state index contributed by atoms with van der Waals surface area (Å²) < 4.78 is 40.0. The number of aryl methyl sites for hydroxylation is 1. The minimum absolute atomic E-state index is 0.154. The van der Waals surface area contributed by atoms with Crippen LogP contribution in [0.2, 0.25) is 0 Å². The van der Waals surface area contributed by atoms with E-state index in [1.165, 1.54) is 16.9 Å². The predicted molar refractivity (Wildman–Crippen MR) is 108 cm³/mol. The highest BCUT2D eigenvalue weighted by Gasteiger charge is 2.30. The Labute approximate surface area is 170 Å². The zero-order valence-electron chi connectivity index (χ0n) is 15.9. The maximum absolute atomic E-state index is 12.8. The maximum Gasteiger partial charge on any atom is 0.416 e. The lowest BCUT2D eigenvalue weighted by atomic mass is 10.1. The molecule has 0 radical (unpaired) electrons. The maximum atomic E-state index is 12.8. The smallest absolute Gasteiger partial charge is 0.361 e. The Bertz CT molecular complexity index is 1180. The number of hydrogen-bond acceptors (Lipinski definition) is 2. The molecule has 0 aliphatic carbocycles. The Morgan fingerprint density at radius 3 is 2.80 bits per heavy atom. The zero-order chi connectivity index (χ0) is 21.1. The van der Waals surface area contributed by atoms with Gasteiger partial charge in [-0.2, -0.15) is 18.3 Å². The number of amides is 1. The van der Waals surface area contributed by atoms with Crippen LogP contribution in [0.5, 0.6) is 0 Å². The van der Waals surface area contributed by atoms with Crippen molar-refractivity contribution in [2.45, 2.75) is 25.6 Å². The molecule has 2 heterocycles. The quantitative estimate of drug-likeness (QED) is 0.468. The van der Waals surface area contributed by atoms with E-state index in [0.717, 1.165) is 28.6 Å². The summed E-state index contributed by atoms with van der Waals surface area (Å²) >= 11 is 0. The summed E-state index contributed by atoms with van der Waals surface area (Å²) in [6.45, 7) is 0.176. The number of H-pyrrole nitrogens is 1. The number of alkyl halides is 3. The summed E-state index contributed by atoms with van der Waals surface area (Å²) in [5, 5.41) is 8.00. The van der Waals surface area contributed by atoms with Crippen molar-refractivity contribution < 1.29 is 18.0 Å². The van der Waals surface area contributed by atoms with Gasteiger partial charge in [-0.3, -0.25) is 9.48 Å². The van der Waals surface area contributed by atoms with Crippen LogP contribution in [0.1, 0.15) is 23.1 Å². The minimum Gasteiger partial charge on any atom is -0.361 e. The molecule has 30 heavy (non-hydrogen) atoms. The number of carbonyl (C=O) groups excluding carboxylic acids is 1. The van der Waals surface area contributed by atoms with Gasteiger partial charge < -0.3 is 10.3 Å². The van der Waals surface area contributed by atoms with Crippen LogP contribution in [0.25, 0.3) is 10.9 Å². The van der Waals surface area contributed by atoms with E-state index < -0.39 is 11.7 Å². The first-order valence-corrected chi connectivity index (χ1v) is 9.42. The van der Waals surface area contributed by atoms with Crippen molar-refractivity contribution in [3.8, 4) is 0 Å². The lowest BCUT2D eigenvalue weighted by Crippen LogP contribution is -2.11. The highest BCUT2D eigenvalue weighted by Crippen LogP contribution is 2.29. The molecule has 0 bridgehead atoms. The number of carbonyl (C=O) groups is 1. The Morgan fingerprint density at radius 2 is 1.97 bits per heavy atom. The lowest BCUT2D eigenvalue weighted by Gasteiger charge is -2.08. The monoisotopic (exact) mass is 412 g/mol. The van der Waals surface area contributed by atoms with E-state index in [0.29, 0.717) is 24.1 Å². The fourth-order valence-corrected chi connectivity index (χ4v) is 3.36. The van der Waals surface area contributed by atoms with E-state index in [4.69, 9.17) is 0 Å². The standard InChI is InChI=1S/C22H19F3N4O/c23-22(24,25)17-5-3-4-15(10-17)13-29-14-18(12-27-29)28-21(30)9-8-16-11-26-20-7-2-1-6-19(16)20/h1-7,10-12,14,26H,8-9,13H2,(H,28,30). The third kappa shape index (κ3) is 4.53. The Morgan fingerprint density at radius 1 is 1.13 bits per heavy atom. The zero-order valence-corrected chi connectivity index (χ0v) is 15.9. The van der Waals surface area contributed by atoms with Gasteiger partial charge in [0.25, 0.3) is 0 Å². The van der Waals surface area contributed by atoms with Gasteiger partial charge in [0.2, 0.25) is 5.91 Å². The molecule has 2 N–H and O–H groups in total. The van der Waals surface area contributed by atoms with E-state index in [9.17, 15) is 18.0 Å². The van der Waals surface area contributed by atoms with E-state index >= 15 is 0 Å². The topological polar surface area (TPSA) is 62.7 Å². The van der Waals surface area contributed by atoms with Crippen LogP contribution in [0.3, 0.4) is 0 Å². The van der Waals surface area contributed by atoms with Gasteiger partial charge in [0.1, 0.15) is 0 Å². The molecule has 1 amide bonds. The van der Waals surface area contributed by atoms with Crippen LogP contribution in [0.15, 0.2) is 67.1 Å². The molecule has 0 saturated carbocycles. The number of rotatable bonds is 6. The summed E-state index contributed by atoms with van der Waals surface area (Å²) in [5.41, 5.74) is 2.39. The molecule has 5 nitrogen and oxygen atoms in total. The number of hydrogen-bond donors (Lipinski definition) is 2. The summed E-state index contributed by atoms with van der Waals surface area (Å²) in [6.07, 6.45) is 1.50. The van der Waals surface area contributed by atoms with Crippen LogP contribution in [-0.4, -0.2) is 20.7 Å². The second kappa shape index (κ2) is 8.06. The Kier molecular flexibility index (Phi) is 5.31. The summed E-state index contributed by atoms with van der Waals surface area (Å²) in [6, 6.07) is 13.0. The van der Waals surface area contributed by atoms with Crippen LogP contribution in [-0.2, 0) is 23.9 Å². The third-order valence-corrected chi connectivity index (χ3v) is 4.81. The molecule has 0 spiro atoms. The minimum atomic E-state index is -4.38. The van der Waals surface area contributed by atoms with Crippen molar-refractivity contribution >= 4 is 22.5 Å². The normalized spacial score (nSPS) is 11.7. The first-order chi connectivity index (χ1) is 14.4. The van der Waals surface area contributed by atoms with Gasteiger partial charge in [0.05, 0.1) is 24.0 Å². The number of nitrogens with zero attached hydrogens (tertiary/aromatic N) is 2. The predicted octanol–water partition coefficient (Wildman–Crippen LogP) is 5.00. The number of aromatic nitrogens is 3. The van der Waals surface area contributed by atoms with Crippen molar-refractivity contribution in [3.05, 3.63) is 83.8 Å². The van der Waals surface area contributed by atoms with Gasteiger partial charge in [0.15, 0.2) is 0 Å². The average Bonchev–Trinajstić information content (AvgIpc) is 3.33. The number of aromatic amines is 1. The number of para-hydroxylation sites is 1. The molecule has 0 saturated heterocycles. The van der Waals surface area contributed by atoms with Crippen molar-refractivity contribution in [1.29, 1.82) is 0 Å². The molecular weight excluding hydrogens is 393 g/mol. The Hall–Kier alpha value is -3.55. The molecule has 0 atom stereocenters. The molecule has 0 fully saturated rings. The molecule has 8 heteroatoms. The number of halogens is 3. The number of fused-ring (bicyclic) bond motifs is 1. The van der Waals surface area contributed by atoms with Gasteiger partial charge in [0, 0.05) is 29.7 Å². The summed E-state index contributed by atoms with van der Waals surface area (Å²) in [7, 11) is 0. The molecule has 2 aromatic heterocycles. The fraction of sp³-hybridized carbons (Fsp3) is 0.182. The fourth-order valence-electron chi connectivity index (χ4n) is 3.36. The van der Waals surface area contributed by atoms with Crippen LogP contribution < -0.4 is 5.32 Å². The van der Waals surface area contributed by atoms with E-state index in [2.05, 4.69) is 15.4 Å². The van der Waals surface area contributed by atoms with E-state index in [1.54, 1.807) is 12.3 Å². The van der Waals surface area contributed by atoms with Crippen molar-refractivity contribution in [2.75, 3.05) is 5.32 Å². The molecule has 154 valence electrons. The summed E-state index contributed by atoms with van der Waals surface area (Å²) in [4.78, 5) is 15.5. The van der Waals surface area contributed by atoms with Crippen molar-refractivity contribution in [3.63, 3.8) is 0 Å². The molecular formula is C22H19F3N4O. The van der Waals surface area contributed by atoms with Crippen LogP contribution in [0.4, 0.5) is 18.9 Å². The number of anilines is 1. The molecule has 4 rings (SSSR count). The van der Waals surface area contributed by atoms with Crippen LogP contribution in [0, 0.1) is 0 Å². The Balaban J connectivity index is 1.34. The third-order valence-electron chi connectivity index (χ3n) is 4.81. The number of nitrogens with one attached hydrogen (secondary N) is 2. The van der Waals surface area contributed by atoms with Gasteiger partial charge in [-0.15, -0.1) is 0 Å². The van der Waals surface area contributed by atoms with Gasteiger partial charge >= 0.3 is 6.18 Å². The molecule has 0 aliphatic rings. The van der Waals surface area contributed by atoms with E-state index in [-0.39, 0.29) is 12.5 Å². The first-order valence-electron chi connectivity index (χ1n) is 9.42. The highest BCUT2D eigenvalue weighted by atomic mass is 19.4. The second-order valence-corrected chi connectivity index (χ2v) is 7.03. The second-order valence-electron chi connectivity index (χ2n) is 7.03. The van der Waals surface area contributed by atoms with Gasteiger partial charge in [-0.25, -0.2) is 0 Å². The van der Waals surface area contributed by atoms with Gasteiger partial charge in [-0.05, 0) is 35.7 Å². The lowest BCUT2D eigenvalue weighted by molar-refractivity contribution is -0.137. The first kappa shape index (κ1) is 19.8. The molecule has 4 aromatic rings. The summed E-state index contributed by atoms with van der Waals surface area (Å²) in [5.74, 6) is -0.154. The van der Waals surface area contributed by atoms with Crippen molar-refractivity contribution in [1.82, 2.24) is 14.8 Å². The van der Waals surface area contributed by atoms with Crippen LogP contribution >= 0.6 is 0 Å². The average molecular weight is 412 g/mol. The van der Waals surface area contributed by atoms with Gasteiger partial charge in [-0.1, -0.05) is 30.3 Å². The van der Waals surface area contributed by atoms with E-state index in [1.807, 2.05) is 30.5 Å². The van der Waals surface area contributed by atoms with Crippen molar-refractivity contribution in [2.24, 2.45) is 0 Å². The highest BCUT2D eigenvalue weighted by molar-refractivity contribution is 5.91. The molecule has 0 aliphatic heterocycles. The largest absolute Gasteiger partial charge is 0.416 e. The molecule has 2 aromatic carbocycles. The SMILES string of the molecule is O=C(CCc1c[nH]c2ccccc12)Nc1cnn(Cc2cccc(C(F)(F)F)c2)c1. The molecule has 0 unspecified atom stereocenters.